The molecule has 0 aromatic heterocycles. The second-order valence-corrected chi connectivity index (χ2v) is 7.86. The first-order valence-electron chi connectivity index (χ1n) is 6.04. The topological polar surface area (TPSA) is 18.5 Å². The third-order valence-electron chi connectivity index (χ3n) is 3.13. The van der Waals surface area contributed by atoms with Gasteiger partial charge < -0.3 is 8.85 Å². The van der Waals surface area contributed by atoms with E-state index in [4.69, 9.17) is 8.85 Å². The van der Waals surface area contributed by atoms with E-state index >= 15 is 0 Å². The summed E-state index contributed by atoms with van der Waals surface area (Å²) in [5.41, 5.74) is 2.47. The Morgan fingerprint density at radius 2 is 2.06 bits per heavy atom. The van der Waals surface area contributed by atoms with E-state index in [0.29, 0.717) is 0 Å². The van der Waals surface area contributed by atoms with E-state index in [2.05, 4.69) is 38.2 Å². The van der Waals surface area contributed by atoms with E-state index < -0.39 is 8.56 Å². The van der Waals surface area contributed by atoms with Crippen molar-refractivity contribution in [3.05, 3.63) is 42.0 Å². The van der Waals surface area contributed by atoms with Crippen LogP contribution >= 0.6 is 0 Å². The lowest BCUT2D eigenvalue weighted by molar-refractivity contribution is 0.208. The molecule has 0 bridgehead atoms. The van der Waals surface area contributed by atoms with Crippen LogP contribution in [0.3, 0.4) is 0 Å². The van der Waals surface area contributed by atoms with Gasteiger partial charge in [0, 0.05) is 13.7 Å². The Morgan fingerprint density at radius 1 is 1.35 bits per heavy atom. The lowest BCUT2D eigenvalue weighted by Crippen LogP contribution is -2.37. The van der Waals surface area contributed by atoms with Crippen LogP contribution in [-0.4, -0.2) is 22.3 Å². The molecule has 94 valence electrons. The molecule has 0 aliphatic heterocycles. The van der Waals surface area contributed by atoms with Gasteiger partial charge in [-0.15, -0.1) is 0 Å². The Morgan fingerprint density at radius 3 is 2.65 bits per heavy atom. The molecule has 17 heavy (non-hydrogen) atoms. The van der Waals surface area contributed by atoms with E-state index in [9.17, 15) is 0 Å². The predicted molar refractivity (Wildman–Crippen MR) is 75.3 cm³/mol. The first-order chi connectivity index (χ1) is 8.15. The summed E-state index contributed by atoms with van der Waals surface area (Å²) in [6.07, 6.45) is 2.80. The van der Waals surface area contributed by atoms with E-state index in [-0.39, 0.29) is 0 Å². The molecule has 1 rings (SSSR count). The van der Waals surface area contributed by atoms with Crippen molar-refractivity contribution in [2.24, 2.45) is 0 Å². The maximum Gasteiger partial charge on any atom is 0.334 e. The minimum absolute atomic E-state index is 0.718. The molecule has 0 fully saturated rings. The van der Waals surface area contributed by atoms with Gasteiger partial charge in [-0.3, -0.25) is 0 Å². The summed E-state index contributed by atoms with van der Waals surface area (Å²) in [5, 5.41) is 0. The molecule has 0 amide bonds. The van der Waals surface area contributed by atoms with Crippen LogP contribution in [-0.2, 0) is 15.3 Å². The van der Waals surface area contributed by atoms with Gasteiger partial charge in [-0.2, -0.15) is 0 Å². The van der Waals surface area contributed by atoms with Gasteiger partial charge in [0.1, 0.15) is 0 Å². The highest BCUT2D eigenvalue weighted by molar-refractivity contribution is 6.65. The quantitative estimate of drug-likeness (QED) is 0.688. The molecule has 0 aliphatic carbocycles. The molecule has 1 aromatic rings. The normalized spacial score (nSPS) is 14.3. The highest BCUT2D eigenvalue weighted by Gasteiger charge is 2.27. The molecule has 0 radical (unpaired) electrons. The molecule has 1 unspecified atom stereocenters. The molecule has 0 heterocycles. The zero-order chi connectivity index (χ0) is 12.7. The molecule has 2 nitrogen and oxygen atoms in total. The Bertz CT molecular complexity index is 359. The molecule has 0 saturated heterocycles. The zero-order valence-corrected chi connectivity index (χ0v) is 12.0. The third kappa shape index (κ3) is 4.11. The molecule has 0 spiro atoms. The second kappa shape index (κ2) is 6.74. The van der Waals surface area contributed by atoms with Gasteiger partial charge in [-0.25, -0.2) is 0 Å². The van der Waals surface area contributed by atoms with Crippen LogP contribution in [0.2, 0.25) is 12.6 Å². The van der Waals surface area contributed by atoms with E-state index in [1.165, 1.54) is 11.1 Å². The van der Waals surface area contributed by atoms with E-state index in [1.54, 1.807) is 7.11 Å². The summed E-state index contributed by atoms with van der Waals surface area (Å²) in [7, 11) is -0.161. The van der Waals surface area contributed by atoms with Crippen LogP contribution < -0.4 is 0 Å². The van der Waals surface area contributed by atoms with Crippen molar-refractivity contribution >= 4 is 14.6 Å². The number of hydrogen-bond donors (Lipinski definition) is 0. The van der Waals surface area contributed by atoms with Crippen molar-refractivity contribution in [3.8, 4) is 0 Å². The Balaban J connectivity index is 2.53. The highest BCUT2D eigenvalue weighted by Crippen LogP contribution is 2.14. The zero-order valence-electron chi connectivity index (χ0n) is 11.0. The van der Waals surface area contributed by atoms with Crippen molar-refractivity contribution in [1.82, 2.24) is 0 Å². The van der Waals surface area contributed by atoms with Crippen LogP contribution in [0.15, 0.2) is 30.8 Å². The molecular weight excluding hydrogens is 228 g/mol. The van der Waals surface area contributed by atoms with Crippen molar-refractivity contribution < 1.29 is 8.85 Å². The van der Waals surface area contributed by atoms with Crippen molar-refractivity contribution in [2.75, 3.05) is 13.7 Å². The van der Waals surface area contributed by atoms with Crippen LogP contribution in [0.1, 0.15) is 18.1 Å². The Hall–Kier alpha value is -0.903. The van der Waals surface area contributed by atoms with Gasteiger partial charge in [0.2, 0.25) is 0 Å². The van der Waals surface area contributed by atoms with Crippen LogP contribution in [0.5, 0.6) is 0 Å². The molecule has 0 N–H and O–H groups in total. The minimum Gasteiger partial charge on any atom is -0.398 e. The van der Waals surface area contributed by atoms with Crippen molar-refractivity contribution in [3.63, 3.8) is 0 Å². The van der Waals surface area contributed by atoms with E-state index in [0.717, 1.165) is 19.1 Å². The average molecular weight is 250 g/mol. The maximum absolute atomic E-state index is 5.91. The van der Waals surface area contributed by atoms with Gasteiger partial charge in [-0.05, 0) is 30.1 Å². The highest BCUT2D eigenvalue weighted by atomic mass is 28.4. The molecule has 3 heteroatoms. The third-order valence-corrected chi connectivity index (χ3v) is 6.09. The smallest absolute Gasteiger partial charge is 0.334 e. The summed E-state index contributed by atoms with van der Waals surface area (Å²) in [5.74, 6) is 0. The summed E-state index contributed by atoms with van der Waals surface area (Å²) in [6, 6.07) is 9.26. The standard InChI is InChI=1S/C14H22O2Si/c1-5-13-9-7-8-10-14(13)11-12-16-17(4,6-2)15-3/h5,7-10H,1,6,11-12H2,2-4H3. The number of rotatable bonds is 7. The first kappa shape index (κ1) is 14.2. The monoisotopic (exact) mass is 250 g/mol. The second-order valence-electron chi connectivity index (χ2n) is 4.19. The molecular formula is C14H22O2Si. The fourth-order valence-corrected chi connectivity index (χ4v) is 2.79. The van der Waals surface area contributed by atoms with Crippen LogP contribution in [0.25, 0.3) is 6.08 Å². The predicted octanol–water partition coefficient (Wildman–Crippen LogP) is 3.63. The van der Waals surface area contributed by atoms with Crippen LogP contribution in [0.4, 0.5) is 0 Å². The summed E-state index contributed by atoms with van der Waals surface area (Å²) >= 11 is 0. The Labute approximate surface area is 106 Å². The molecule has 0 aliphatic rings. The number of benzene rings is 1. The van der Waals surface area contributed by atoms with Gasteiger partial charge in [0.05, 0.1) is 0 Å². The van der Waals surface area contributed by atoms with Gasteiger partial charge in [0.15, 0.2) is 0 Å². The summed E-state index contributed by atoms with van der Waals surface area (Å²) in [4.78, 5) is 0. The SMILES string of the molecule is C=Cc1ccccc1CCO[Si](C)(CC)OC. The maximum atomic E-state index is 5.91. The van der Waals surface area contributed by atoms with E-state index in [1.807, 2.05) is 12.1 Å². The van der Waals surface area contributed by atoms with Crippen LogP contribution in [0, 0.1) is 0 Å². The van der Waals surface area contributed by atoms with Gasteiger partial charge in [0.25, 0.3) is 0 Å². The fraction of sp³-hybridized carbons (Fsp3) is 0.429. The lowest BCUT2D eigenvalue weighted by Gasteiger charge is -2.23. The van der Waals surface area contributed by atoms with Crippen molar-refractivity contribution in [2.45, 2.75) is 25.9 Å². The molecule has 0 saturated carbocycles. The van der Waals surface area contributed by atoms with Crippen molar-refractivity contribution in [1.29, 1.82) is 0 Å². The summed E-state index contributed by atoms with van der Waals surface area (Å²) in [6.45, 7) is 8.76. The number of hydrogen-bond acceptors (Lipinski definition) is 2. The largest absolute Gasteiger partial charge is 0.398 e. The molecule has 1 atom stereocenters. The molecule has 1 aromatic carbocycles. The fourth-order valence-electron chi connectivity index (χ4n) is 1.64. The van der Waals surface area contributed by atoms with Gasteiger partial charge >= 0.3 is 8.56 Å². The Kier molecular flexibility index (Phi) is 5.61. The lowest BCUT2D eigenvalue weighted by atomic mass is 10.1. The minimum atomic E-state index is -1.90. The first-order valence-corrected chi connectivity index (χ1v) is 8.57. The average Bonchev–Trinajstić information content (AvgIpc) is 2.39. The summed E-state index contributed by atoms with van der Waals surface area (Å²) < 4.78 is 11.4. The van der Waals surface area contributed by atoms with Gasteiger partial charge in [-0.1, -0.05) is 43.8 Å².